The molecule has 2 N–H and O–H groups in total. The summed E-state index contributed by atoms with van der Waals surface area (Å²) in [6, 6.07) is 13.7. The van der Waals surface area contributed by atoms with Crippen molar-refractivity contribution in [2.45, 2.75) is 16.1 Å². The lowest BCUT2D eigenvalue weighted by Crippen LogP contribution is -2.28. The van der Waals surface area contributed by atoms with Crippen molar-refractivity contribution in [3.8, 4) is 5.75 Å². The molecule has 1 aliphatic rings. The maximum atomic E-state index is 13.3. The Morgan fingerprint density at radius 3 is 2.19 bits per heavy atom. The van der Waals surface area contributed by atoms with Crippen molar-refractivity contribution in [1.29, 1.82) is 0 Å². The molecule has 2 aromatic carbocycles. The van der Waals surface area contributed by atoms with Gasteiger partial charge in [0.15, 0.2) is 9.84 Å². The monoisotopic (exact) mass is 395 g/mol. The third-order valence-electron chi connectivity index (χ3n) is 5.12. The van der Waals surface area contributed by atoms with Crippen LogP contribution in [0, 0.1) is 5.41 Å². The first-order chi connectivity index (χ1) is 12.4. The molecule has 0 aliphatic heterocycles. The van der Waals surface area contributed by atoms with Crippen LogP contribution in [0.5, 0.6) is 5.75 Å². The second-order valence-electron chi connectivity index (χ2n) is 6.54. The van der Waals surface area contributed by atoms with Crippen LogP contribution < -0.4 is 10.5 Å². The Morgan fingerprint density at radius 1 is 1.08 bits per heavy atom. The SMILES string of the molecule is COC[C@@]1(CN)[C@H](c2ccc(OC)cc2)[C@@H]1S(=O)(=O)c1ccc(Cl)cc1. The van der Waals surface area contributed by atoms with E-state index in [1.165, 1.54) is 12.1 Å². The minimum Gasteiger partial charge on any atom is -0.497 e. The molecule has 0 radical (unpaired) electrons. The zero-order valence-corrected chi connectivity index (χ0v) is 16.3. The maximum absolute atomic E-state index is 13.3. The van der Waals surface area contributed by atoms with Crippen molar-refractivity contribution in [3.05, 3.63) is 59.1 Å². The molecule has 0 heterocycles. The summed E-state index contributed by atoms with van der Waals surface area (Å²) in [5.41, 5.74) is 6.30. The van der Waals surface area contributed by atoms with Crippen molar-refractivity contribution in [1.82, 2.24) is 0 Å². The molecule has 5 nitrogen and oxygen atoms in total. The zero-order valence-electron chi connectivity index (χ0n) is 14.7. The zero-order chi connectivity index (χ0) is 18.9. The lowest BCUT2D eigenvalue weighted by Gasteiger charge is -2.15. The molecule has 140 valence electrons. The second kappa shape index (κ2) is 7.19. The van der Waals surface area contributed by atoms with E-state index in [0.717, 1.165) is 11.3 Å². The van der Waals surface area contributed by atoms with Gasteiger partial charge in [0.05, 0.1) is 23.9 Å². The Kier molecular flexibility index (Phi) is 5.30. The van der Waals surface area contributed by atoms with Gasteiger partial charge in [0.25, 0.3) is 0 Å². The molecule has 0 bridgehead atoms. The molecular weight excluding hydrogens is 374 g/mol. The minimum atomic E-state index is -3.59. The number of ether oxygens (including phenoxy) is 2. The molecule has 0 saturated heterocycles. The minimum absolute atomic E-state index is 0.217. The summed E-state index contributed by atoms with van der Waals surface area (Å²) in [6.07, 6.45) is 0. The van der Waals surface area contributed by atoms with Crippen LogP contribution in [0.1, 0.15) is 11.5 Å². The van der Waals surface area contributed by atoms with Crippen molar-refractivity contribution in [2.75, 3.05) is 27.4 Å². The number of rotatable bonds is 7. The van der Waals surface area contributed by atoms with Crippen LogP contribution in [0.3, 0.4) is 0 Å². The van der Waals surface area contributed by atoms with E-state index in [9.17, 15) is 8.42 Å². The van der Waals surface area contributed by atoms with Gasteiger partial charge in [0, 0.05) is 30.0 Å². The predicted molar refractivity (Wildman–Crippen MR) is 102 cm³/mol. The molecule has 3 rings (SSSR count). The van der Waals surface area contributed by atoms with Crippen LogP contribution in [0.4, 0.5) is 0 Å². The van der Waals surface area contributed by atoms with Crippen molar-refractivity contribution in [3.63, 3.8) is 0 Å². The quantitative estimate of drug-likeness (QED) is 0.779. The summed E-state index contributed by atoms with van der Waals surface area (Å²) < 4.78 is 37.1. The lowest BCUT2D eigenvalue weighted by atomic mass is 10.00. The molecule has 7 heteroatoms. The van der Waals surface area contributed by atoms with E-state index in [-0.39, 0.29) is 24.0 Å². The van der Waals surface area contributed by atoms with E-state index in [0.29, 0.717) is 5.02 Å². The van der Waals surface area contributed by atoms with Gasteiger partial charge < -0.3 is 15.2 Å². The summed E-state index contributed by atoms with van der Waals surface area (Å²) in [4.78, 5) is 0.247. The van der Waals surface area contributed by atoms with Gasteiger partial charge in [-0.1, -0.05) is 23.7 Å². The number of hydrogen-bond acceptors (Lipinski definition) is 5. The molecule has 0 amide bonds. The van der Waals surface area contributed by atoms with Gasteiger partial charge in [-0.3, -0.25) is 0 Å². The summed E-state index contributed by atoms with van der Waals surface area (Å²) in [7, 11) is -0.433. The Morgan fingerprint density at radius 2 is 1.69 bits per heavy atom. The van der Waals surface area contributed by atoms with Gasteiger partial charge in [0.2, 0.25) is 0 Å². The van der Waals surface area contributed by atoms with E-state index in [1.807, 2.05) is 24.3 Å². The summed E-state index contributed by atoms with van der Waals surface area (Å²) in [5.74, 6) is 0.482. The first kappa shape index (κ1) is 19.2. The summed E-state index contributed by atoms with van der Waals surface area (Å²) in [5, 5.41) is -0.150. The van der Waals surface area contributed by atoms with Crippen molar-refractivity contribution in [2.24, 2.45) is 11.1 Å². The highest BCUT2D eigenvalue weighted by Gasteiger charge is 2.70. The fourth-order valence-corrected chi connectivity index (χ4v) is 6.34. The number of nitrogens with two attached hydrogens (primary N) is 1. The van der Waals surface area contributed by atoms with Crippen LogP contribution in [0.15, 0.2) is 53.4 Å². The van der Waals surface area contributed by atoms with Crippen LogP contribution in [0.2, 0.25) is 5.02 Å². The number of benzene rings is 2. The smallest absolute Gasteiger partial charge is 0.182 e. The molecule has 1 saturated carbocycles. The third kappa shape index (κ3) is 3.11. The lowest BCUT2D eigenvalue weighted by molar-refractivity contribution is 0.142. The highest BCUT2D eigenvalue weighted by Crippen LogP contribution is 2.63. The predicted octanol–water partition coefficient (Wildman–Crippen LogP) is 2.88. The molecule has 2 aromatic rings. The van der Waals surface area contributed by atoms with Gasteiger partial charge in [-0.2, -0.15) is 0 Å². The molecule has 0 aromatic heterocycles. The fourth-order valence-electron chi connectivity index (χ4n) is 3.77. The largest absolute Gasteiger partial charge is 0.497 e. The number of methoxy groups -OCH3 is 2. The van der Waals surface area contributed by atoms with E-state index in [2.05, 4.69) is 0 Å². The van der Waals surface area contributed by atoms with Crippen molar-refractivity contribution < 1.29 is 17.9 Å². The van der Waals surface area contributed by atoms with E-state index < -0.39 is 20.5 Å². The fraction of sp³-hybridized carbons (Fsp3) is 0.368. The van der Waals surface area contributed by atoms with Gasteiger partial charge in [-0.15, -0.1) is 0 Å². The molecule has 1 fully saturated rings. The number of halogens is 1. The van der Waals surface area contributed by atoms with E-state index >= 15 is 0 Å². The normalized spacial score (nSPS) is 25.1. The van der Waals surface area contributed by atoms with Crippen LogP contribution >= 0.6 is 11.6 Å². The van der Waals surface area contributed by atoms with Crippen LogP contribution in [-0.2, 0) is 14.6 Å². The Balaban J connectivity index is 2.03. The molecule has 3 atom stereocenters. The molecule has 0 spiro atoms. The van der Waals surface area contributed by atoms with Crippen LogP contribution in [-0.4, -0.2) is 41.0 Å². The molecular formula is C19H22ClNO4S. The standard InChI is InChI=1S/C19H22ClNO4S/c1-24-12-19(11-21)17(13-3-7-15(25-2)8-4-13)18(19)26(22,23)16-9-5-14(20)6-10-16/h3-10,17-18H,11-12,21H2,1-2H3/t17-,18+,19+/m1/s1. The second-order valence-corrected chi connectivity index (χ2v) is 9.05. The first-order valence-corrected chi connectivity index (χ1v) is 10.2. The van der Waals surface area contributed by atoms with Gasteiger partial charge >= 0.3 is 0 Å². The highest BCUT2D eigenvalue weighted by molar-refractivity contribution is 7.92. The van der Waals surface area contributed by atoms with Crippen molar-refractivity contribution >= 4 is 21.4 Å². The molecule has 26 heavy (non-hydrogen) atoms. The summed E-state index contributed by atoms with van der Waals surface area (Å²) >= 11 is 5.90. The summed E-state index contributed by atoms with van der Waals surface area (Å²) in [6.45, 7) is 0.493. The Bertz CT molecular complexity index is 867. The molecule has 0 unspecified atom stereocenters. The topological polar surface area (TPSA) is 78.6 Å². The average Bonchev–Trinajstić information content (AvgIpc) is 3.32. The number of sulfone groups is 1. The molecule has 1 aliphatic carbocycles. The van der Waals surface area contributed by atoms with Crippen LogP contribution in [0.25, 0.3) is 0 Å². The van der Waals surface area contributed by atoms with Gasteiger partial charge in [-0.05, 0) is 42.0 Å². The van der Waals surface area contributed by atoms with Gasteiger partial charge in [-0.25, -0.2) is 8.42 Å². The highest BCUT2D eigenvalue weighted by atomic mass is 35.5. The van der Waals surface area contributed by atoms with E-state index in [1.54, 1.807) is 26.4 Å². The Hall–Kier alpha value is -1.60. The third-order valence-corrected chi connectivity index (χ3v) is 7.72. The maximum Gasteiger partial charge on any atom is 0.182 e. The van der Waals surface area contributed by atoms with E-state index in [4.69, 9.17) is 26.8 Å². The Labute approximate surface area is 159 Å². The number of hydrogen-bond donors (Lipinski definition) is 1. The first-order valence-electron chi connectivity index (χ1n) is 8.23. The van der Waals surface area contributed by atoms with Gasteiger partial charge in [0.1, 0.15) is 5.75 Å². The average molecular weight is 396 g/mol.